The number of hydrogen-bond acceptors (Lipinski definition) is 3. The van der Waals surface area contributed by atoms with Crippen molar-refractivity contribution in [2.75, 3.05) is 11.9 Å². The van der Waals surface area contributed by atoms with E-state index in [0.29, 0.717) is 21.3 Å². The molecule has 2 N–H and O–H groups in total. The van der Waals surface area contributed by atoms with Crippen LogP contribution < -0.4 is 10.6 Å². The summed E-state index contributed by atoms with van der Waals surface area (Å²) in [7, 11) is 0. The Bertz CT molecular complexity index is 756. The van der Waals surface area contributed by atoms with Gasteiger partial charge in [0.1, 0.15) is 6.07 Å². The van der Waals surface area contributed by atoms with Gasteiger partial charge in [-0.05, 0) is 42.8 Å². The van der Waals surface area contributed by atoms with Gasteiger partial charge in [0, 0.05) is 16.8 Å². The highest BCUT2D eigenvalue weighted by atomic mass is 35.5. The van der Waals surface area contributed by atoms with Crippen LogP contribution in [0.2, 0.25) is 10.0 Å². The zero-order chi connectivity index (χ0) is 16.8. The lowest BCUT2D eigenvalue weighted by atomic mass is 10.1. The van der Waals surface area contributed by atoms with Crippen molar-refractivity contribution >= 4 is 34.8 Å². The molecule has 0 radical (unpaired) electrons. The van der Waals surface area contributed by atoms with Crippen LogP contribution >= 0.6 is 23.2 Å². The number of benzene rings is 2. The van der Waals surface area contributed by atoms with Crippen LogP contribution in [0.25, 0.3) is 0 Å². The Morgan fingerprint density at radius 2 is 2.04 bits per heavy atom. The SMILES string of the molecule is C[C@H](NCC(=O)Nc1ccc(C#N)c(Cl)c1)c1cccc(Cl)c1. The van der Waals surface area contributed by atoms with Gasteiger partial charge >= 0.3 is 0 Å². The van der Waals surface area contributed by atoms with Gasteiger partial charge in [-0.25, -0.2) is 0 Å². The third-order valence-corrected chi connectivity index (χ3v) is 3.84. The molecule has 2 aromatic carbocycles. The molecule has 4 nitrogen and oxygen atoms in total. The number of nitrogens with zero attached hydrogens (tertiary/aromatic N) is 1. The Morgan fingerprint density at radius 3 is 2.70 bits per heavy atom. The average Bonchev–Trinajstić information content (AvgIpc) is 2.53. The van der Waals surface area contributed by atoms with Crippen molar-refractivity contribution in [2.45, 2.75) is 13.0 Å². The average molecular weight is 348 g/mol. The van der Waals surface area contributed by atoms with Crippen molar-refractivity contribution in [3.63, 3.8) is 0 Å². The minimum absolute atomic E-state index is 0.0102. The summed E-state index contributed by atoms with van der Waals surface area (Å²) in [6.45, 7) is 2.10. The minimum Gasteiger partial charge on any atom is -0.325 e. The number of amides is 1. The molecule has 1 amide bonds. The topological polar surface area (TPSA) is 64.9 Å². The highest BCUT2D eigenvalue weighted by Crippen LogP contribution is 2.20. The highest BCUT2D eigenvalue weighted by Gasteiger charge is 2.09. The number of carbonyl (C=O) groups excluding carboxylic acids is 1. The third-order valence-electron chi connectivity index (χ3n) is 3.29. The molecule has 2 rings (SSSR count). The fourth-order valence-corrected chi connectivity index (χ4v) is 2.45. The molecular weight excluding hydrogens is 333 g/mol. The number of carbonyl (C=O) groups is 1. The smallest absolute Gasteiger partial charge is 0.238 e. The Morgan fingerprint density at radius 1 is 1.26 bits per heavy atom. The van der Waals surface area contributed by atoms with E-state index < -0.39 is 0 Å². The molecule has 0 aliphatic carbocycles. The van der Waals surface area contributed by atoms with Crippen molar-refractivity contribution in [1.29, 1.82) is 5.26 Å². The maximum absolute atomic E-state index is 12.0. The minimum atomic E-state index is -0.195. The Labute approximate surface area is 145 Å². The van der Waals surface area contributed by atoms with Gasteiger partial charge < -0.3 is 10.6 Å². The molecule has 0 saturated heterocycles. The molecule has 0 bridgehead atoms. The van der Waals surface area contributed by atoms with Gasteiger partial charge in [0.25, 0.3) is 0 Å². The first-order chi connectivity index (χ1) is 11.0. The summed E-state index contributed by atoms with van der Waals surface area (Å²) in [5, 5.41) is 15.7. The largest absolute Gasteiger partial charge is 0.325 e. The summed E-state index contributed by atoms with van der Waals surface area (Å²) in [5.41, 5.74) is 1.93. The van der Waals surface area contributed by atoms with E-state index in [9.17, 15) is 4.79 Å². The summed E-state index contributed by atoms with van der Waals surface area (Å²) in [4.78, 5) is 12.0. The highest BCUT2D eigenvalue weighted by molar-refractivity contribution is 6.32. The van der Waals surface area contributed by atoms with E-state index in [1.54, 1.807) is 24.3 Å². The second kappa shape index (κ2) is 7.98. The van der Waals surface area contributed by atoms with Crippen molar-refractivity contribution in [3.8, 4) is 6.07 Å². The normalized spacial score (nSPS) is 11.6. The molecular formula is C17H15Cl2N3O. The van der Waals surface area contributed by atoms with Crippen LogP contribution in [0.15, 0.2) is 42.5 Å². The predicted octanol–water partition coefficient (Wildman–Crippen LogP) is 4.15. The van der Waals surface area contributed by atoms with E-state index in [-0.39, 0.29) is 18.5 Å². The van der Waals surface area contributed by atoms with Crippen molar-refractivity contribution in [2.24, 2.45) is 0 Å². The molecule has 118 valence electrons. The second-order valence-electron chi connectivity index (χ2n) is 5.01. The molecule has 23 heavy (non-hydrogen) atoms. The lowest BCUT2D eigenvalue weighted by molar-refractivity contribution is -0.115. The molecule has 1 atom stereocenters. The summed E-state index contributed by atoms with van der Waals surface area (Å²) in [6, 6.07) is 14.2. The van der Waals surface area contributed by atoms with E-state index in [0.717, 1.165) is 5.56 Å². The fourth-order valence-electron chi connectivity index (χ4n) is 2.03. The fraction of sp³-hybridized carbons (Fsp3) is 0.176. The monoisotopic (exact) mass is 347 g/mol. The van der Waals surface area contributed by atoms with Gasteiger partial charge in [-0.15, -0.1) is 0 Å². The zero-order valence-electron chi connectivity index (χ0n) is 12.4. The molecule has 0 fully saturated rings. The first-order valence-electron chi connectivity index (χ1n) is 6.98. The van der Waals surface area contributed by atoms with Gasteiger partial charge in [-0.2, -0.15) is 5.26 Å². The van der Waals surface area contributed by atoms with E-state index in [1.165, 1.54) is 0 Å². The molecule has 0 spiro atoms. The summed E-state index contributed by atoms with van der Waals surface area (Å²) >= 11 is 11.9. The van der Waals surface area contributed by atoms with Crippen molar-refractivity contribution < 1.29 is 4.79 Å². The second-order valence-corrected chi connectivity index (χ2v) is 5.86. The molecule has 0 aromatic heterocycles. The van der Waals surface area contributed by atoms with E-state index in [4.69, 9.17) is 28.5 Å². The van der Waals surface area contributed by atoms with Gasteiger partial charge in [-0.1, -0.05) is 35.3 Å². The maximum atomic E-state index is 12.0. The zero-order valence-corrected chi connectivity index (χ0v) is 13.9. The number of hydrogen-bond donors (Lipinski definition) is 2. The molecule has 0 saturated carbocycles. The predicted molar refractivity (Wildman–Crippen MR) is 92.7 cm³/mol. The summed E-state index contributed by atoms with van der Waals surface area (Å²) < 4.78 is 0. The van der Waals surface area contributed by atoms with Crippen molar-refractivity contribution in [1.82, 2.24) is 5.32 Å². The van der Waals surface area contributed by atoms with Gasteiger partial charge in [0.05, 0.1) is 17.1 Å². The van der Waals surface area contributed by atoms with Crippen LogP contribution in [0.3, 0.4) is 0 Å². The van der Waals surface area contributed by atoms with E-state index >= 15 is 0 Å². The molecule has 0 heterocycles. The lowest BCUT2D eigenvalue weighted by Gasteiger charge is -2.14. The number of nitrogens with one attached hydrogen (secondary N) is 2. The Kier molecular flexibility index (Phi) is 6.00. The van der Waals surface area contributed by atoms with Gasteiger partial charge in [0.15, 0.2) is 0 Å². The van der Waals surface area contributed by atoms with E-state index in [2.05, 4.69) is 10.6 Å². The number of halogens is 2. The standard InChI is InChI=1S/C17H15Cl2N3O/c1-11(12-3-2-4-14(18)7-12)21-10-17(23)22-15-6-5-13(9-20)16(19)8-15/h2-8,11,21H,10H2,1H3,(H,22,23)/t11-/m0/s1. The first-order valence-corrected chi connectivity index (χ1v) is 7.73. The Balaban J connectivity index is 1.90. The van der Waals surface area contributed by atoms with Gasteiger partial charge in [-0.3, -0.25) is 4.79 Å². The first kappa shape index (κ1) is 17.3. The lowest BCUT2D eigenvalue weighted by Crippen LogP contribution is -2.30. The van der Waals surface area contributed by atoms with Gasteiger partial charge in [0.2, 0.25) is 5.91 Å². The maximum Gasteiger partial charge on any atom is 0.238 e. The molecule has 0 unspecified atom stereocenters. The summed E-state index contributed by atoms with van der Waals surface area (Å²) in [5.74, 6) is -0.195. The number of nitriles is 1. The Hall–Kier alpha value is -2.06. The number of anilines is 1. The third kappa shape index (κ3) is 4.97. The van der Waals surface area contributed by atoms with Crippen LogP contribution in [-0.2, 0) is 4.79 Å². The quantitative estimate of drug-likeness (QED) is 0.853. The van der Waals surface area contributed by atoms with Crippen LogP contribution in [0.4, 0.5) is 5.69 Å². The number of rotatable bonds is 5. The van der Waals surface area contributed by atoms with Crippen LogP contribution in [0, 0.1) is 11.3 Å². The van der Waals surface area contributed by atoms with Crippen LogP contribution in [-0.4, -0.2) is 12.5 Å². The summed E-state index contributed by atoms with van der Waals surface area (Å²) in [6.07, 6.45) is 0. The molecule has 0 aliphatic rings. The van der Waals surface area contributed by atoms with Crippen molar-refractivity contribution in [3.05, 3.63) is 63.6 Å². The molecule has 6 heteroatoms. The van der Waals surface area contributed by atoms with E-state index in [1.807, 2.05) is 31.2 Å². The molecule has 2 aromatic rings. The van der Waals surface area contributed by atoms with Crippen LogP contribution in [0.1, 0.15) is 24.1 Å². The molecule has 0 aliphatic heterocycles. The van der Waals surface area contributed by atoms with Crippen LogP contribution in [0.5, 0.6) is 0 Å².